The second-order valence-electron chi connectivity index (χ2n) is 4.34. The van der Waals surface area contributed by atoms with Gasteiger partial charge in [0, 0.05) is 25.0 Å². The van der Waals surface area contributed by atoms with Crippen LogP contribution in [0.3, 0.4) is 0 Å². The summed E-state index contributed by atoms with van der Waals surface area (Å²) in [5, 5.41) is 9.54. The van der Waals surface area contributed by atoms with Gasteiger partial charge in [-0.05, 0) is 37.9 Å². The number of likely N-dealkylation sites (tertiary alicyclic amines) is 1. The van der Waals surface area contributed by atoms with Gasteiger partial charge < -0.3 is 5.11 Å². The van der Waals surface area contributed by atoms with E-state index >= 15 is 0 Å². The van der Waals surface area contributed by atoms with E-state index in [9.17, 15) is 5.11 Å². The molecule has 1 atom stereocenters. The van der Waals surface area contributed by atoms with E-state index in [1.807, 2.05) is 33.0 Å². The van der Waals surface area contributed by atoms with E-state index in [-0.39, 0.29) is 6.10 Å². The number of aliphatic hydroxyl groups excluding tert-OH is 1. The summed E-state index contributed by atoms with van der Waals surface area (Å²) in [5.74, 6) is 0. The lowest BCUT2D eigenvalue weighted by atomic mass is 10.1. The largest absolute Gasteiger partial charge is 0.392 e. The Balaban J connectivity index is 0.000000686. The normalized spacial score (nSPS) is 20.6. The van der Waals surface area contributed by atoms with Crippen LogP contribution in [-0.4, -0.2) is 34.2 Å². The molecule has 3 heteroatoms. The fourth-order valence-corrected chi connectivity index (χ4v) is 2.02. The maximum atomic E-state index is 9.54. The molecule has 0 aliphatic carbocycles. The number of hydrogen-bond donors (Lipinski definition) is 1. The lowest BCUT2D eigenvalue weighted by Crippen LogP contribution is -2.37. The second-order valence-corrected chi connectivity index (χ2v) is 4.34. The molecule has 17 heavy (non-hydrogen) atoms. The third-order valence-corrected chi connectivity index (χ3v) is 2.86. The summed E-state index contributed by atoms with van der Waals surface area (Å²) in [4.78, 5) is 6.57. The van der Waals surface area contributed by atoms with E-state index in [1.54, 1.807) is 0 Å². The molecular formula is C14H24N2O. The molecule has 2 rings (SSSR count). The molecule has 1 aromatic heterocycles. The number of hydrogen-bond acceptors (Lipinski definition) is 3. The van der Waals surface area contributed by atoms with Crippen LogP contribution in [0.5, 0.6) is 0 Å². The molecule has 0 saturated carbocycles. The molecule has 1 fully saturated rings. The molecule has 96 valence electrons. The highest BCUT2D eigenvalue weighted by Gasteiger charge is 2.17. The quantitative estimate of drug-likeness (QED) is 0.856. The zero-order chi connectivity index (χ0) is 12.7. The van der Waals surface area contributed by atoms with Crippen LogP contribution in [0.25, 0.3) is 0 Å². The number of aromatic nitrogens is 1. The van der Waals surface area contributed by atoms with Gasteiger partial charge in [-0.1, -0.05) is 19.9 Å². The highest BCUT2D eigenvalue weighted by molar-refractivity contribution is 5.13. The minimum atomic E-state index is -0.142. The molecule has 0 amide bonds. The maximum absolute atomic E-state index is 9.54. The lowest BCUT2D eigenvalue weighted by Gasteiger charge is -2.29. The first kappa shape index (κ1) is 14.1. The average Bonchev–Trinajstić information content (AvgIpc) is 2.35. The Bertz CT molecular complexity index is 311. The van der Waals surface area contributed by atoms with E-state index in [1.165, 1.54) is 5.56 Å². The van der Waals surface area contributed by atoms with Crippen LogP contribution >= 0.6 is 0 Å². The molecule has 2 heterocycles. The van der Waals surface area contributed by atoms with Gasteiger partial charge in [0.1, 0.15) is 0 Å². The number of aliphatic hydroxyl groups is 1. The van der Waals surface area contributed by atoms with Crippen molar-refractivity contribution in [2.45, 2.75) is 46.3 Å². The summed E-state index contributed by atoms with van der Waals surface area (Å²) in [5.41, 5.74) is 2.28. The van der Waals surface area contributed by atoms with Crippen molar-refractivity contribution < 1.29 is 5.11 Å². The number of rotatable bonds is 2. The molecule has 0 spiro atoms. The standard InChI is InChI=1S/C12H18N2O.C2H6/c1-10-4-5-11(7-13-10)8-14-6-2-3-12(15)9-14;1-2/h4-5,7,12,15H,2-3,6,8-9H2,1H3;1-2H3. The van der Waals surface area contributed by atoms with Gasteiger partial charge in [0.05, 0.1) is 6.10 Å². The van der Waals surface area contributed by atoms with Crippen LogP contribution in [0.15, 0.2) is 18.3 Å². The van der Waals surface area contributed by atoms with E-state index in [0.717, 1.165) is 38.2 Å². The van der Waals surface area contributed by atoms with Crippen LogP contribution in [0.1, 0.15) is 37.9 Å². The van der Waals surface area contributed by atoms with Crippen molar-refractivity contribution in [3.05, 3.63) is 29.6 Å². The van der Waals surface area contributed by atoms with Gasteiger partial charge in [-0.2, -0.15) is 0 Å². The molecule has 1 aliphatic rings. The van der Waals surface area contributed by atoms with Crippen molar-refractivity contribution in [1.82, 2.24) is 9.88 Å². The van der Waals surface area contributed by atoms with E-state index in [0.29, 0.717) is 0 Å². The molecule has 1 aliphatic heterocycles. The summed E-state index contributed by atoms with van der Waals surface area (Å²) in [6, 6.07) is 4.15. The molecule has 0 aromatic carbocycles. The molecule has 3 nitrogen and oxygen atoms in total. The van der Waals surface area contributed by atoms with Gasteiger partial charge >= 0.3 is 0 Å². The van der Waals surface area contributed by atoms with Crippen LogP contribution in [0.4, 0.5) is 0 Å². The molecule has 0 bridgehead atoms. The fraction of sp³-hybridized carbons (Fsp3) is 0.643. The monoisotopic (exact) mass is 236 g/mol. The summed E-state index contributed by atoms with van der Waals surface area (Å²) in [6.07, 6.45) is 3.83. The van der Waals surface area contributed by atoms with Crippen LogP contribution in [-0.2, 0) is 6.54 Å². The van der Waals surface area contributed by atoms with E-state index in [2.05, 4.69) is 16.0 Å². The Morgan fingerprint density at radius 2 is 2.18 bits per heavy atom. The highest BCUT2D eigenvalue weighted by atomic mass is 16.3. The SMILES string of the molecule is CC.Cc1ccc(CN2CCCC(O)C2)cn1. The van der Waals surface area contributed by atoms with Crippen molar-refractivity contribution in [2.24, 2.45) is 0 Å². The third-order valence-electron chi connectivity index (χ3n) is 2.86. The molecule has 1 N–H and O–H groups in total. The summed E-state index contributed by atoms with van der Waals surface area (Å²) < 4.78 is 0. The number of β-amino-alcohol motifs (C(OH)–C–C–N with tert-alkyl or cyclic N) is 1. The number of piperidine rings is 1. The second kappa shape index (κ2) is 7.41. The van der Waals surface area contributed by atoms with Gasteiger partial charge in [0.15, 0.2) is 0 Å². The lowest BCUT2D eigenvalue weighted by molar-refractivity contribution is 0.0668. The fourth-order valence-electron chi connectivity index (χ4n) is 2.02. The topological polar surface area (TPSA) is 36.4 Å². The molecule has 1 aromatic rings. The van der Waals surface area contributed by atoms with Crippen molar-refractivity contribution in [1.29, 1.82) is 0 Å². The zero-order valence-corrected chi connectivity index (χ0v) is 11.2. The zero-order valence-electron chi connectivity index (χ0n) is 11.2. The van der Waals surface area contributed by atoms with Crippen LogP contribution in [0, 0.1) is 6.92 Å². The summed E-state index contributed by atoms with van der Waals surface area (Å²) in [6.45, 7) is 8.79. The predicted molar refractivity (Wildman–Crippen MR) is 70.8 cm³/mol. The van der Waals surface area contributed by atoms with E-state index in [4.69, 9.17) is 0 Å². The van der Waals surface area contributed by atoms with Crippen molar-refractivity contribution >= 4 is 0 Å². The Morgan fingerprint density at radius 1 is 1.41 bits per heavy atom. The van der Waals surface area contributed by atoms with Crippen molar-refractivity contribution in [3.63, 3.8) is 0 Å². The van der Waals surface area contributed by atoms with Gasteiger partial charge in [0.25, 0.3) is 0 Å². The molecule has 1 unspecified atom stereocenters. The average molecular weight is 236 g/mol. The van der Waals surface area contributed by atoms with Crippen molar-refractivity contribution in [3.8, 4) is 0 Å². The predicted octanol–water partition coefficient (Wildman–Crippen LogP) is 2.37. The Morgan fingerprint density at radius 3 is 2.76 bits per heavy atom. The third kappa shape index (κ3) is 4.84. The van der Waals surface area contributed by atoms with Gasteiger partial charge in [-0.25, -0.2) is 0 Å². The molecule has 1 saturated heterocycles. The Kier molecular flexibility index (Phi) is 6.16. The van der Waals surface area contributed by atoms with Gasteiger partial charge in [-0.3, -0.25) is 9.88 Å². The Hall–Kier alpha value is -0.930. The first-order valence-electron chi connectivity index (χ1n) is 6.56. The van der Waals surface area contributed by atoms with Crippen LogP contribution in [0.2, 0.25) is 0 Å². The molecule has 0 radical (unpaired) electrons. The highest BCUT2D eigenvalue weighted by Crippen LogP contribution is 2.13. The Labute approximate surface area is 104 Å². The maximum Gasteiger partial charge on any atom is 0.0667 e. The van der Waals surface area contributed by atoms with E-state index < -0.39 is 0 Å². The summed E-state index contributed by atoms with van der Waals surface area (Å²) >= 11 is 0. The first-order chi connectivity index (χ1) is 8.24. The first-order valence-corrected chi connectivity index (χ1v) is 6.56. The van der Waals surface area contributed by atoms with Crippen molar-refractivity contribution in [2.75, 3.05) is 13.1 Å². The van der Waals surface area contributed by atoms with Gasteiger partial charge in [-0.15, -0.1) is 0 Å². The number of nitrogens with zero attached hydrogens (tertiary/aromatic N) is 2. The van der Waals surface area contributed by atoms with Crippen LogP contribution < -0.4 is 0 Å². The summed E-state index contributed by atoms with van der Waals surface area (Å²) in [7, 11) is 0. The molecular weight excluding hydrogens is 212 g/mol. The smallest absolute Gasteiger partial charge is 0.0667 e. The minimum absolute atomic E-state index is 0.142. The number of aryl methyl sites for hydroxylation is 1. The van der Waals surface area contributed by atoms with Gasteiger partial charge in [0.2, 0.25) is 0 Å². The number of pyridine rings is 1. The minimum Gasteiger partial charge on any atom is -0.392 e.